The summed E-state index contributed by atoms with van der Waals surface area (Å²) in [4.78, 5) is 17.6. The summed E-state index contributed by atoms with van der Waals surface area (Å²) in [6.07, 6.45) is 1.43. The van der Waals surface area contributed by atoms with E-state index in [9.17, 15) is 4.79 Å². The van der Waals surface area contributed by atoms with Gasteiger partial charge in [0.25, 0.3) is 5.91 Å². The monoisotopic (exact) mass is 419 g/mol. The molecular weight excluding hydrogens is 405 g/mol. The van der Waals surface area contributed by atoms with Gasteiger partial charge < -0.3 is 0 Å². The van der Waals surface area contributed by atoms with E-state index < -0.39 is 0 Å². The summed E-state index contributed by atoms with van der Waals surface area (Å²) in [5.74, 6) is -0.347. The summed E-state index contributed by atoms with van der Waals surface area (Å²) < 4.78 is 0. The maximum Gasteiger partial charge on any atom is 0.272 e. The van der Waals surface area contributed by atoms with Crippen LogP contribution in [0, 0.1) is 0 Å². The maximum atomic E-state index is 12.9. The van der Waals surface area contributed by atoms with E-state index in [1.807, 2.05) is 54.6 Å². The minimum absolute atomic E-state index is 0.347. The van der Waals surface area contributed by atoms with Crippen molar-refractivity contribution in [2.24, 2.45) is 5.10 Å². The molecule has 0 fully saturated rings. The molecule has 4 aromatic rings. The number of fused-ring (bicyclic) bond motifs is 1. The highest BCUT2D eigenvalue weighted by Crippen LogP contribution is 2.25. The average molecular weight is 420 g/mol. The molecule has 0 spiro atoms. The summed E-state index contributed by atoms with van der Waals surface area (Å²) >= 11 is 12.3. The molecule has 0 saturated heterocycles. The molecular formula is C23H15Cl2N3O. The van der Waals surface area contributed by atoms with Crippen molar-refractivity contribution in [2.75, 3.05) is 0 Å². The van der Waals surface area contributed by atoms with Crippen molar-refractivity contribution in [3.8, 4) is 11.3 Å². The van der Waals surface area contributed by atoms with Crippen LogP contribution in [-0.2, 0) is 0 Å². The standard InChI is InChI=1S/C23H15Cl2N3O/c24-19-10-6-11-20(25)18(19)14-26-28-23(29)17-13-22(15-7-2-1-3-8-15)27-21-12-5-4-9-16(17)21/h1-14H,(H,28,29). The van der Waals surface area contributed by atoms with Gasteiger partial charge >= 0.3 is 0 Å². The Hall–Kier alpha value is -3.21. The van der Waals surface area contributed by atoms with E-state index in [0.29, 0.717) is 26.9 Å². The van der Waals surface area contributed by atoms with Crippen LogP contribution in [0.15, 0.2) is 84.0 Å². The van der Waals surface area contributed by atoms with Crippen molar-refractivity contribution in [3.05, 3.63) is 100 Å². The van der Waals surface area contributed by atoms with Crippen molar-refractivity contribution >= 4 is 46.2 Å². The second kappa shape index (κ2) is 8.43. The van der Waals surface area contributed by atoms with Crippen LogP contribution in [0.1, 0.15) is 15.9 Å². The van der Waals surface area contributed by atoms with E-state index in [2.05, 4.69) is 15.5 Å². The Morgan fingerprint density at radius 1 is 0.897 bits per heavy atom. The number of benzene rings is 3. The molecule has 0 saturated carbocycles. The first-order chi connectivity index (χ1) is 14.1. The van der Waals surface area contributed by atoms with E-state index in [1.54, 1.807) is 24.3 Å². The average Bonchev–Trinajstić information content (AvgIpc) is 2.75. The van der Waals surface area contributed by atoms with Gasteiger partial charge in [0.05, 0.1) is 33.0 Å². The zero-order valence-corrected chi connectivity index (χ0v) is 16.7. The quantitative estimate of drug-likeness (QED) is 0.327. The Morgan fingerprint density at radius 2 is 1.59 bits per heavy atom. The molecule has 142 valence electrons. The van der Waals surface area contributed by atoms with Gasteiger partial charge in [-0.05, 0) is 24.3 Å². The SMILES string of the molecule is O=C(NN=Cc1c(Cl)cccc1Cl)c1cc(-c2ccccc2)nc2ccccc12. The number of hydrogen-bond acceptors (Lipinski definition) is 3. The largest absolute Gasteiger partial charge is 0.272 e. The van der Waals surface area contributed by atoms with Gasteiger partial charge in [-0.25, -0.2) is 10.4 Å². The number of nitrogens with zero attached hydrogens (tertiary/aromatic N) is 2. The molecule has 4 nitrogen and oxygen atoms in total. The number of rotatable bonds is 4. The van der Waals surface area contributed by atoms with E-state index in [1.165, 1.54) is 6.21 Å². The fourth-order valence-electron chi connectivity index (χ4n) is 2.97. The fraction of sp³-hybridized carbons (Fsp3) is 0. The normalized spacial score (nSPS) is 11.1. The molecule has 6 heteroatoms. The molecule has 0 bridgehead atoms. The van der Waals surface area contributed by atoms with Gasteiger partial charge in [-0.15, -0.1) is 0 Å². The van der Waals surface area contributed by atoms with E-state index in [-0.39, 0.29) is 5.91 Å². The highest BCUT2D eigenvalue weighted by atomic mass is 35.5. The predicted octanol–water partition coefficient (Wildman–Crippen LogP) is 5.97. The minimum Gasteiger partial charge on any atom is -0.267 e. The van der Waals surface area contributed by atoms with Gasteiger partial charge in [0.1, 0.15) is 0 Å². The highest BCUT2D eigenvalue weighted by Gasteiger charge is 2.13. The van der Waals surface area contributed by atoms with Gasteiger partial charge in [0.2, 0.25) is 0 Å². The number of halogens is 2. The van der Waals surface area contributed by atoms with E-state index in [4.69, 9.17) is 23.2 Å². The Kier molecular flexibility index (Phi) is 5.56. The fourth-order valence-corrected chi connectivity index (χ4v) is 3.46. The van der Waals surface area contributed by atoms with Crippen LogP contribution < -0.4 is 5.43 Å². The van der Waals surface area contributed by atoms with Gasteiger partial charge in [-0.2, -0.15) is 5.10 Å². The lowest BCUT2D eigenvalue weighted by Crippen LogP contribution is -2.18. The number of pyridine rings is 1. The first-order valence-electron chi connectivity index (χ1n) is 8.86. The molecule has 0 atom stereocenters. The molecule has 29 heavy (non-hydrogen) atoms. The molecule has 0 aliphatic carbocycles. The number of para-hydroxylation sites is 1. The van der Waals surface area contributed by atoms with Crippen molar-refractivity contribution in [1.82, 2.24) is 10.4 Å². The maximum absolute atomic E-state index is 12.9. The Morgan fingerprint density at radius 3 is 2.34 bits per heavy atom. The number of nitrogens with one attached hydrogen (secondary N) is 1. The lowest BCUT2D eigenvalue weighted by molar-refractivity contribution is 0.0956. The lowest BCUT2D eigenvalue weighted by atomic mass is 10.0. The van der Waals surface area contributed by atoms with Gasteiger partial charge in [0, 0.05) is 16.5 Å². The number of carbonyl (C=O) groups excluding carboxylic acids is 1. The number of hydrazone groups is 1. The minimum atomic E-state index is -0.347. The van der Waals surface area contributed by atoms with Crippen LogP contribution in [0.2, 0.25) is 10.0 Å². The zero-order valence-electron chi connectivity index (χ0n) is 15.1. The Balaban J connectivity index is 1.69. The van der Waals surface area contributed by atoms with Gasteiger partial charge in [-0.3, -0.25) is 4.79 Å². The zero-order chi connectivity index (χ0) is 20.2. The number of carbonyl (C=O) groups is 1. The molecule has 1 amide bonds. The molecule has 0 aliphatic heterocycles. The summed E-state index contributed by atoms with van der Waals surface area (Å²) in [5, 5.41) is 5.69. The first-order valence-corrected chi connectivity index (χ1v) is 9.62. The Bertz CT molecular complexity index is 1200. The summed E-state index contributed by atoms with van der Waals surface area (Å²) in [7, 11) is 0. The third kappa shape index (κ3) is 4.14. The van der Waals surface area contributed by atoms with Crippen molar-refractivity contribution in [2.45, 2.75) is 0 Å². The van der Waals surface area contributed by atoms with Crippen LogP contribution in [0.3, 0.4) is 0 Å². The van der Waals surface area contributed by atoms with Crippen molar-refractivity contribution in [1.29, 1.82) is 0 Å². The number of aromatic nitrogens is 1. The molecule has 4 rings (SSSR count). The molecule has 1 aromatic heterocycles. The topological polar surface area (TPSA) is 54.4 Å². The third-order valence-corrected chi connectivity index (χ3v) is 5.05. The Labute approximate surface area is 177 Å². The van der Waals surface area contributed by atoms with Crippen molar-refractivity contribution in [3.63, 3.8) is 0 Å². The number of hydrogen-bond donors (Lipinski definition) is 1. The molecule has 1 heterocycles. The molecule has 0 aliphatic rings. The lowest BCUT2D eigenvalue weighted by Gasteiger charge is -2.09. The highest BCUT2D eigenvalue weighted by molar-refractivity contribution is 6.38. The van der Waals surface area contributed by atoms with Crippen LogP contribution >= 0.6 is 23.2 Å². The molecule has 1 N–H and O–H groups in total. The summed E-state index contributed by atoms with van der Waals surface area (Å²) in [6, 6.07) is 24.1. The van der Waals surface area contributed by atoms with E-state index >= 15 is 0 Å². The molecule has 0 unspecified atom stereocenters. The van der Waals surface area contributed by atoms with Crippen LogP contribution in [-0.4, -0.2) is 17.1 Å². The number of amides is 1. The van der Waals surface area contributed by atoms with Crippen molar-refractivity contribution < 1.29 is 4.79 Å². The van der Waals surface area contributed by atoms with Crippen LogP contribution in [0.4, 0.5) is 0 Å². The second-order valence-corrected chi connectivity index (χ2v) is 7.09. The van der Waals surface area contributed by atoms with Crippen LogP contribution in [0.25, 0.3) is 22.2 Å². The van der Waals surface area contributed by atoms with Gasteiger partial charge in [-0.1, -0.05) is 77.8 Å². The first kappa shape index (κ1) is 19.1. The summed E-state index contributed by atoms with van der Waals surface area (Å²) in [6.45, 7) is 0. The van der Waals surface area contributed by atoms with Gasteiger partial charge in [0.15, 0.2) is 0 Å². The predicted molar refractivity (Wildman–Crippen MR) is 119 cm³/mol. The third-order valence-electron chi connectivity index (χ3n) is 4.39. The van der Waals surface area contributed by atoms with Crippen LogP contribution in [0.5, 0.6) is 0 Å². The smallest absolute Gasteiger partial charge is 0.267 e. The second-order valence-electron chi connectivity index (χ2n) is 6.27. The summed E-state index contributed by atoms with van der Waals surface area (Å²) in [5.41, 5.74) is 5.96. The van der Waals surface area contributed by atoms with E-state index in [0.717, 1.165) is 16.5 Å². The molecule has 0 radical (unpaired) electrons. The molecule has 3 aromatic carbocycles.